The zero-order valence-electron chi connectivity index (χ0n) is 12.8. The molecule has 0 atom stereocenters. The maximum absolute atomic E-state index is 6.19. The van der Waals surface area contributed by atoms with Crippen molar-refractivity contribution in [2.45, 2.75) is 40.0 Å². The van der Waals surface area contributed by atoms with E-state index in [1.807, 2.05) is 6.92 Å². The van der Waals surface area contributed by atoms with Crippen molar-refractivity contribution in [2.75, 3.05) is 32.0 Å². The average molecular weight is 285 g/mol. The Morgan fingerprint density at radius 1 is 1.26 bits per heavy atom. The van der Waals surface area contributed by atoms with Gasteiger partial charge in [-0.3, -0.25) is 0 Å². The number of anilines is 1. The quantitative estimate of drug-likeness (QED) is 0.844. The maximum Gasteiger partial charge on any atom is 0.137 e. The molecule has 0 aromatic carbocycles. The van der Waals surface area contributed by atoms with Crippen LogP contribution in [0.1, 0.15) is 39.1 Å². The first-order valence-electron chi connectivity index (χ1n) is 6.72. The van der Waals surface area contributed by atoms with E-state index < -0.39 is 0 Å². The number of nitrogens with zero attached hydrogens (tertiary/aromatic N) is 3. The SMILES string of the molecule is CCN(C)CCNc1nc(C(C)(C)C)nc(Cl)c1C. The van der Waals surface area contributed by atoms with E-state index in [1.54, 1.807) is 0 Å². The first-order chi connectivity index (χ1) is 8.75. The Labute approximate surface area is 121 Å². The molecule has 0 bridgehead atoms. The molecule has 0 fully saturated rings. The number of hydrogen-bond acceptors (Lipinski definition) is 4. The Kier molecular flexibility index (Phi) is 5.56. The Bertz CT molecular complexity index is 426. The first-order valence-corrected chi connectivity index (χ1v) is 7.10. The molecule has 0 amide bonds. The first kappa shape index (κ1) is 16.2. The fourth-order valence-corrected chi connectivity index (χ4v) is 1.69. The Morgan fingerprint density at radius 3 is 2.42 bits per heavy atom. The molecule has 1 N–H and O–H groups in total. The lowest BCUT2D eigenvalue weighted by atomic mass is 9.95. The zero-order valence-corrected chi connectivity index (χ0v) is 13.6. The van der Waals surface area contributed by atoms with Crippen LogP contribution < -0.4 is 5.32 Å². The van der Waals surface area contributed by atoms with Gasteiger partial charge in [0.1, 0.15) is 16.8 Å². The van der Waals surface area contributed by atoms with Gasteiger partial charge in [0.05, 0.1) is 0 Å². The fourth-order valence-electron chi connectivity index (χ4n) is 1.52. The number of aromatic nitrogens is 2. The summed E-state index contributed by atoms with van der Waals surface area (Å²) in [5, 5.41) is 3.89. The molecule has 1 rings (SSSR count). The van der Waals surface area contributed by atoms with Crippen molar-refractivity contribution >= 4 is 17.4 Å². The van der Waals surface area contributed by atoms with Crippen LogP contribution in [0.5, 0.6) is 0 Å². The summed E-state index contributed by atoms with van der Waals surface area (Å²) in [4.78, 5) is 11.2. The monoisotopic (exact) mass is 284 g/mol. The highest BCUT2D eigenvalue weighted by molar-refractivity contribution is 6.30. The van der Waals surface area contributed by atoms with E-state index in [4.69, 9.17) is 11.6 Å². The standard InChI is InChI=1S/C14H25ClN4/c1-7-19(6)9-8-16-12-10(2)11(15)17-13(18-12)14(3,4)5/h7-9H2,1-6H3,(H,16,17,18). The minimum Gasteiger partial charge on any atom is -0.368 e. The van der Waals surface area contributed by atoms with Crippen molar-refractivity contribution in [3.63, 3.8) is 0 Å². The number of likely N-dealkylation sites (N-methyl/N-ethyl adjacent to an activating group) is 1. The van der Waals surface area contributed by atoms with E-state index in [-0.39, 0.29) is 5.41 Å². The van der Waals surface area contributed by atoms with Crippen LogP contribution in [0.15, 0.2) is 0 Å². The van der Waals surface area contributed by atoms with Crippen molar-refractivity contribution in [2.24, 2.45) is 0 Å². The van der Waals surface area contributed by atoms with Gasteiger partial charge in [-0.1, -0.05) is 39.3 Å². The van der Waals surface area contributed by atoms with Gasteiger partial charge < -0.3 is 10.2 Å². The highest BCUT2D eigenvalue weighted by Crippen LogP contribution is 2.25. The second-order valence-electron chi connectivity index (χ2n) is 5.88. The van der Waals surface area contributed by atoms with Crippen LogP contribution in [0.2, 0.25) is 5.15 Å². The summed E-state index contributed by atoms with van der Waals surface area (Å²) in [5.74, 6) is 1.61. The predicted molar refractivity (Wildman–Crippen MR) is 82.1 cm³/mol. The molecule has 108 valence electrons. The van der Waals surface area contributed by atoms with Gasteiger partial charge in [0.2, 0.25) is 0 Å². The van der Waals surface area contributed by atoms with Gasteiger partial charge in [0, 0.05) is 24.1 Å². The third kappa shape index (κ3) is 4.62. The summed E-state index contributed by atoms with van der Waals surface area (Å²) < 4.78 is 0. The number of hydrogen-bond donors (Lipinski definition) is 1. The summed E-state index contributed by atoms with van der Waals surface area (Å²) in [6.45, 7) is 13.2. The average Bonchev–Trinajstić information content (AvgIpc) is 2.32. The Hall–Kier alpha value is -0.870. The highest BCUT2D eigenvalue weighted by atomic mass is 35.5. The lowest BCUT2D eigenvalue weighted by Crippen LogP contribution is -2.26. The molecule has 0 unspecified atom stereocenters. The van der Waals surface area contributed by atoms with E-state index in [9.17, 15) is 0 Å². The van der Waals surface area contributed by atoms with E-state index in [2.05, 4.69) is 54.9 Å². The molecule has 1 aromatic rings. The molecule has 4 nitrogen and oxygen atoms in total. The molecule has 19 heavy (non-hydrogen) atoms. The molecule has 0 radical (unpaired) electrons. The maximum atomic E-state index is 6.19. The second-order valence-corrected chi connectivity index (χ2v) is 6.24. The second kappa shape index (κ2) is 6.53. The summed E-state index contributed by atoms with van der Waals surface area (Å²) in [7, 11) is 2.10. The Balaban J connectivity index is 2.85. The van der Waals surface area contributed by atoms with E-state index in [0.717, 1.165) is 36.8 Å². The molecular weight excluding hydrogens is 260 g/mol. The van der Waals surface area contributed by atoms with Gasteiger partial charge in [-0.2, -0.15) is 0 Å². The lowest BCUT2D eigenvalue weighted by molar-refractivity contribution is 0.367. The molecule has 1 heterocycles. The molecule has 0 spiro atoms. The van der Waals surface area contributed by atoms with Gasteiger partial charge >= 0.3 is 0 Å². The smallest absolute Gasteiger partial charge is 0.137 e. The molecular formula is C14H25ClN4. The van der Waals surface area contributed by atoms with Crippen molar-refractivity contribution in [1.29, 1.82) is 0 Å². The number of nitrogens with one attached hydrogen (secondary N) is 1. The van der Waals surface area contributed by atoms with E-state index >= 15 is 0 Å². The summed E-state index contributed by atoms with van der Waals surface area (Å²) in [5.41, 5.74) is 0.808. The molecule has 1 aromatic heterocycles. The molecule has 5 heteroatoms. The molecule has 0 aliphatic rings. The number of rotatable bonds is 5. The summed E-state index contributed by atoms with van der Waals surface area (Å²) in [6.07, 6.45) is 0. The van der Waals surface area contributed by atoms with Crippen LogP contribution >= 0.6 is 11.6 Å². The summed E-state index contributed by atoms with van der Waals surface area (Å²) in [6, 6.07) is 0. The largest absolute Gasteiger partial charge is 0.368 e. The zero-order chi connectivity index (χ0) is 14.6. The van der Waals surface area contributed by atoms with Crippen LogP contribution in [0.4, 0.5) is 5.82 Å². The van der Waals surface area contributed by atoms with Crippen LogP contribution in [0, 0.1) is 6.92 Å². The van der Waals surface area contributed by atoms with E-state index in [1.165, 1.54) is 0 Å². The molecule has 0 aliphatic carbocycles. The lowest BCUT2D eigenvalue weighted by Gasteiger charge is -2.20. The third-order valence-corrected chi connectivity index (χ3v) is 3.45. The predicted octanol–water partition coefficient (Wildman–Crippen LogP) is 3.10. The summed E-state index contributed by atoms with van der Waals surface area (Å²) >= 11 is 6.19. The van der Waals surface area contributed by atoms with Crippen molar-refractivity contribution in [3.05, 3.63) is 16.5 Å². The topological polar surface area (TPSA) is 41.0 Å². The molecule has 0 saturated heterocycles. The minimum atomic E-state index is -0.103. The number of halogens is 1. The van der Waals surface area contributed by atoms with Crippen LogP contribution in [0.3, 0.4) is 0 Å². The molecule has 0 aliphatic heterocycles. The van der Waals surface area contributed by atoms with Gasteiger partial charge in [-0.05, 0) is 20.5 Å². The highest BCUT2D eigenvalue weighted by Gasteiger charge is 2.20. The van der Waals surface area contributed by atoms with Gasteiger partial charge in [0.25, 0.3) is 0 Å². The normalized spacial score (nSPS) is 12.0. The Morgan fingerprint density at radius 2 is 1.89 bits per heavy atom. The van der Waals surface area contributed by atoms with E-state index in [0.29, 0.717) is 5.15 Å². The van der Waals surface area contributed by atoms with Crippen LogP contribution in [0.25, 0.3) is 0 Å². The van der Waals surface area contributed by atoms with Gasteiger partial charge in [0.15, 0.2) is 0 Å². The fraction of sp³-hybridized carbons (Fsp3) is 0.714. The van der Waals surface area contributed by atoms with Gasteiger partial charge in [-0.15, -0.1) is 0 Å². The third-order valence-electron chi connectivity index (χ3n) is 3.08. The van der Waals surface area contributed by atoms with Crippen molar-refractivity contribution in [1.82, 2.24) is 14.9 Å². The van der Waals surface area contributed by atoms with Gasteiger partial charge in [-0.25, -0.2) is 9.97 Å². The van der Waals surface area contributed by atoms with Crippen molar-refractivity contribution in [3.8, 4) is 0 Å². The van der Waals surface area contributed by atoms with Crippen LogP contribution in [-0.4, -0.2) is 41.5 Å². The van der Waals surface area contributed by atoms with Crippen molar-refractivity contribution < 1.29 is 0 Å². The van der Waals surface area contributed by atoms with Crippen LogP contribution in [-0.2, 0) is 5.41 Å². The molecule has 0 saturated carbocycles. The minimum absolute atomic E-state index is 0.103.